The van der Waals surface area contributed by atoms with Gasteiger partial charge in [-0.05, 0) is 41.1 Å². The fourth-order valence-electron chi connectivity index (χ4n) is 2.27. The lowest BCUT2D eigenvalue weighted by molar-refractivity contribution is -0.115. The molecule has 1 heterocycles. The summed E-state index contributed by atoms with van der Waals surface area (Å²) in [4.78, 5) is 23.2. The van der Waals surface area contributed by atoms with E-state index in [1.807, 2.05) is 30.3 Å². The van der Waals surface area contributed by atoms with Gasteiger partial charge in [-0.2, -0.15) is 0 Å². The molecule has 3 rings (SSSR count). The van der Waals surface area contributed by atoms with Gasteiger partial charge in [0.1, 0.15) is 6.61 Å². The number of nitrogens with one attached hydrogen (secondary N) is 1. The maximum Gasteiger partial charge on any atom is 0.290 e. The van der Waals surface area contributed by atoms with Gasteiger partial charge in [-0.3, -0.25) is 14.9 Å². The lowest BCUT2D eigenvalue weighted by atomic mass is 10.1. The Morgan fingerprint density at radius 3 is 2.60 bits per heavy atom. The van der Waals surface area contributed by atoms with Crippen molar-refractivity contribution in [2.75, 3.05) is 7.11 Å². The van der Waals surface area contributed by atoms with Crippen LogP contribution >= 0.6 is 23.4 Å². The number of carbonyl (C=O) groups excluding carboxylic acids is 2. The quantitative estimate of drug-likeness (QED) is 0.791. The van der Waals surface area contributed by atoms with Crippen molar-refractivity contribution in [3.05, 3.63) is 63.5 Å². The van der Waals surface area contributed by atoms with Gasteiger partial charge >= 0.3 is 0 Å². The molecular weight excluding hydrogens is 362 g/mol. The molecule has 1 aliphatic rings. The molecule has 0 aromatic heterocycles. The third kappa shape index (κ3) is 4.15. The first-order valence-electron chi connectivity index (χ1n) is 7.36. The molecule has 0 unspecified atom stereocenters. The van der Waals surface area contributed by atoms with E-state index in [1.165, 1.54) is 7.11 Å². The van der Waals surface area contributed by atoms with Crippen LogP contribution in [-0.4, -0.2) is 18.3 Å². The van der Waals surface area contributed by atoms with Crippen molar-refractivity contribution in [1.29, 1.82) is 0 Å². The summed E-state index contributed by atoms with van der Waals surface area (Å²) in [6.45, 7) is 0.351. The second kappa shape index (κ2) is 7.63. The highest BCUT2D eigenvalue weighted by atomic mass is 35.5. The minimum Gasteiger partial charge on any atom is -0.493 e. The molecule has 0 bridgehead atoms. The van der Waals surface area contributed by atoms with E-state index >= 15 is 0 Å². The van der Waals surface area contributed by atoms with Gasteiger partial charge in [-0.25, -0.2) is 0 Å². The molecule has 2 aromatic rings. The van der Waals surface area contributed by atoms with E-state index in [9.17, 15) is 9.59 Å². The molecule has 2 aromatic carbocycles. The van der Waals surface area contributed by atoms with Crippen molar-refractivity contribution < 1.29 is 19.1 Å². The normalized spacial score (nSPS) is 15.4. The van der Waals surface area contributed by atoms with Gasteiger partial charge in [-0.15, -0.1) is 0 Å². The topological polar surface area (TPSA) is 64.6 Å². The van der Waals surface area contributed by atoms with Crippen LogP contribution in [-0.2, 0) is 11.4 Å². The summed E-state index contributed by atoms with van der Waals surface area (Å²) in [7, 11) is 1.51. The van der Waals surface area contributed by atoms with Crippen LogP contribution in [0, 0.1) is 0 Å². The molecular formula is C18H14ClNO4S. The van der Waals surface area contributed by atoms with Gasteiger partial charge in [0.15, 0.2) is 11.5 Å². The fraction of sp³-hybridized carbons (Fsp3) is 0.111. The predicted octanol–water partition coefficient (Wildman–Crippen LogP) is 4.25. The minimum absolute atomic E-state index is 0.307. The van der Waals surface area contributed by atoms with E-state index in [4.69, 9.17) is 21.1 Å². The first-order chi connectivity index (χ1) is 12.1. The van der Waals surface area contributed by atoms with Crippen LogP contribution in [0.1, 0.15) is 11.1 Å². The Kier molecular flexibility index (Phi) is 5.31. The smallest absolute Gasteiger partial charge is 0.290 e. The number of hydrogen-bond donors (Lipinski definition) is 1. The summed E-state index contributed by atoms with van der Waals surface area (Å²) in [6, 6.07) is 13.1. The third-order valence-corrected chi connectivity index (χ3v) is 4.51. The third-order valence-electron chi connectivity index (χ3n) is 3.42. The lowest BCUT2D eigenvalue weighted by Gasteiger charge is -2.13. The summed E-state index contributed by atoms with van der Waals surface area (Å²) in [5.41, 5.74) is 1.64. The average molecular weight is 376 g/mol. The van der Waals surface area contributed by atoms with Gasteiger partial charge < -0.3 is 9.47 Å². The summed E-state index contributed by atoms with van der Waals surface area (Å²) in [6.07, 6.45) is 1.58. The second-order valence-electron chi connectivity index (χ2n) is 5.16. The SMILES string of the molecule is COc1cc(/C=C2\SC(=O)NC2=O)cc(Cl)c1OCc1ccccc1. The lowest BCUT2D eigenvalue weighted by Crippen LogP contribution is -2.17. The van der Waals surface area contributed by atoms with Gasteiger partial charge in [0.25, 0.3) is 11.1 Å². The number of methoxy groups -OCH3 is 1. The minimum atomic E-state index is -0.422. The molecule has 0 aliphatic carbocycles. The molecule has 128 valence electrons. The van der Waals surface area contributed by atoms with Crippen molar-refractivity contribution in [1.82, 2.24) is 5.32 Å². The van der Waals surface area contributed by atoms with Gasteiger partial charge in [0, 0.05) is 0 Å². The summed E-state index contributed by atoms with van der Waals surface area (Å²) < 4.78 is 11.1. The summed E-state index contributed by atoms with van der Waals surface area (Å²) >= 11 is 7.17. The Hall–Kier alpha value is -2.44. The van der Waals surface area contributed by atoms with Crippen molar-refractivity contribution in [2.24, 2.45) is 0 Å². The van der Waals surface area contributed by atoms with E-state index in [1.54, 1.807) is 18.2 Å². The molecule has 1 saturated heterocycles. The molecule has 1 aliphatic heterocycles. The Morgan fingerprint density at radius 2 is 1.96 bits per heavy atom. The monoisotopic (exact) mass is 375 g/mol. The zero-order valence-corrected chi connectivity index (χ0v) is 14.8. The molecule has 2 amide bonds. The number of benzene rings is 2. The number of thioether (sulfide) groups is 1. The van der Waals surface area contributed by atoms with Crippen molar-refractivity contribution >= 4 is 40.6 Å². The molecule has 1 N–H and O–H groups in total. The Labute approximate surface area is 154 Å². The zero-order chi connectivity index (χ0) is 17.8. The zero-order valence-electron chi connectivity index (χ0n) is 13.2. The van der Waals surface area contributed by atoms with Gasteiger partial charge in [0.05, 0.1) is 17.0 Å². The molecule has 25 heavy (non-hydrogen) atoms. The predicted molar refractivity (Wildman–Crippen MR) is 97.9 cm³/mol. The van der Waals surface area contributed by atoms with E-state index in [2.05, 4.69) is 5.32 Å². The van der Waals surface area contributed by atoms with Crippen LogP contribution in [0.2, 0.25) is 5.02 Å². The van der Waals surface area contributed by atoms with Crippen LogP contribution in [0.15, 0.2) is 47.4 Å². The maximum absolute atomic E-state index is 11.6. The van der Waals surface area contributed by atoms with Crippen molar-refractivity contribution in [3.8, 4) is 11.5 Å². The molecule has 0 spiro atoms. The largest absolute Gasteiger partial charge is 0.493 e. The first-order valence-corrected chi connectivity index (χ1v) is 8.55. The van der Waals surface area contributed by atoms with E-state index in [-0.39, 0.29) is 0 Å². The Bertz CT molecular complexity index is 852. The maximum atomic E-state index is 11.6. The number of carbonyl (C=O) groups is 2. The van der Waals surface area contributed by atoms with Gasteiger partial charge in [0.2, 0.25) is 0 Å². The van der Waals surface area contributed by atoms with E-state index in [0.29, 0.717) is 33.6 Å². The number of amides is 2. The molecule has 7 heteroatoms. The van der Waals surface area contributed by atoms with Crippen LogP contribution in [0.5, 0.6) is 11.5 Å². The summed E-state index contributed by atoms with van der Waals surface area (Å²) in [5.74, 6) is 0.453. The number of halogens is 1. The van der Waals surface area contributed by atoms with Gasteiger partial charge in [-0.1, -0.05) is 41.9 Å². The van der Waals surface area contributed by atoms with Crippen molar-refractivity contribution in [2.45, 2.75) is 6.61 Å². The van der Waals surface area contributed by atoms with Crippen LogP contribution < -0.4 is 14.8 Å². The molecule has 0 atom stereocenters. The highest BCUT2D eigenvalue weighted by Crippen LogP contribution is 2.38. The second-order valence-corrected chi connectivity index (χ2v) is 6.58. The Balaban J connectivity index is 1.85. The average Bonchev–Trinajstić information content (AvgIpc) is 2.91. The highest BCUT2D eigenvalue weighted by Gasteiger charge is 2.25. The number of rotatable bonds is 5. The van der Waals surface area contributed by atoms with Crippen LogP contribution in [0.3, 0.4) is 0 Å². The van der Waals surface area contributed by atoms with E-state index in [0.717, 1.165) is 17.3 Å². The van der Waals surface area contributed by atoms with Crippen molar-refractivity contribution in [3.63, 3.8) is 0 Å². The standard InChI is InChI=1S/C18H14ClNO4S/c1-23-14-8-12(9-15-17(21)20-18(22)25-15)7-13(19)16(14)24-10-11-5-3-2-4-6-11/h2-9H,10H2,1H3,(H,20,21,22)/b15-9-. The highest BCUT2D eigenvalue weighted by molar-refractivity contribution is 8.18. The molecule has 1 fully saturated rings. The fourth-order valence-corrected chi connectivity index (χ4v) is 3.22. The van der Waals surface area contributed by atoms with Crippen LogP contribution in [0.25, 0.3) is 6.08 Å². The number of hydrogen-bond acceptors (Lipinski definition) is 5. The Morgan fingerprint density at radius 1 is 1.20 bits per heavy atom. The van der Waals surface area contributed by atoms with E-state index < -0.39 is 11.1 Å². The first kappa shape index (κ1) is 17.4. The molecule has 0 radical (unpaired) electrons. The number of imide groups is 1. The summed E-state index contributed by atoms with van der Waals surface area (Å²) in [5, 5.41) is 2.17. The number of ether oxygens (including phenoxy) is 2. The molecule has 5 nitrogen and oxygen atoms in total. The molecule has 0 saturated carbocycles. The van der Waals surface area contributed by atoms with Crippen LogP contribution in [0.4, 0.5) is 4.79 Å².